The highest BCUT2D eigenvalue weighted by Crippen LogP contribution is 2.36. The molecule has 3 aromatic rings. The van der Waals surface area contributed by atoms with E-state index < -0.39 is 0 Å². The van der Waals surface area contributed by atoms with Crippen molar-refractivity contribution in [3.63, 3.8) is 0 Å². The van der Waals surface area contributed by atoms with E-state index in [1.54, 1.807) is 30.3 Å². The number of nitrogens with one attached hydrogen (secondary N) is 2. The third kappa shape index (κ3) is 3.39. The van der Waals surface area contributed by atoms with Gasteiger partial charge in [0.05, 0.1) is 5.02 Å². The van der Waals surface area contributed by atoms with Crippen LogP contribution in [0, 0.1) is 5.82 Å². The molecule has 2 amide bonds. The van der Waals surface area contributed by atoms with Gasteiger partial charge in [-0.2, -0.15) is 0 Å². The van der Waals surface area contributed by atoms with E-state index in [4.69, 9.17) is 11.6 Å². The molecule has 1 aromatic heterocycles. The maximum Gasteiger partial charge on any atom is 0.267 e. The van der Waals surface area contributed by atoms with Gasteiger partial charge in [0.1, 0.15) is 10.7 Å². The Labute approximate surface area is 146 Å². The Bertz CT molecular complexity index is 938. The molecular weight excluding hydrogens is 351 g/mol. The van der Waals surface area contributed by atoms with E-state index >= 15 is 0 Å². The van der Waals surface area contributed by atoms with Crippen molar-refractivity contribution in [3.05, 3.63) is 58.2 Å². The fourth-order valence-corrected chi connectivity index (χ4v) is 3.65. The van der Waals surface area contributed by atoms with Gasteiger partial charge in [0, 0.05) is 28.4 Å². The number of fused-ring (bicyclic) bond motifs is 1. The lowest BCUT2D eigenvalue weighted by Gasteiger charge is -2.06. The van der Waals surface area contributed by atoms with E-state index in [1.807, 2.05) is 0 Å². The van der Waals surface area contributed by atoms with Crippen LogP contribution in [0.5, 0.6) is 0 Å². The second kappa shape index (κ2) is 6.59. The molecule has 0 fully saturated rings. The maximum absolute atomic E-state index is 13.3. The Balaban J connectivity index is 1.82. The molecule has 0 spiro atoms. The molecule has 1 heterocycles. The largest absolute Gasteiger partial charge is 0.326 e. The first-order valence-corrected chi connectivity index (χ1v) is 8.20. The highest BCUT2D eigenvalue weighted by molar-refractivity contribution is 7.21. The monoisotopic (exact) mass is 362 g/mol. The predicted molar refractivity (Wildman–Crippen MR) is 95.5 cm³/mol. The van der Waals surface area contributed by atoms with Crippen LogP contribution >= 0.6 is 22.9 Å². The molecule has 0 saturated heterocycles. The van der Waals surface area contributed by atoms with E-state index in [-0.39, 0.29) is 17.6 Å². The van der Waals surface area contributed by atoms with Gasteiger partial charge >= 0.3 is 0 Å². The van der Waals surface area contributed by atoms with Crippen LogP contribution in [0.15, 0.2) is 42.5 Å². The normalized spacial score (nSPS) is 10.6. The topological polar surface area (TPSA) is 58.2 Å². The minimum absolute atomic E-state index is 0.170. The van der Waals surface area contributed by atoms with Crippen molar-refractivity contribution in [2.75, 3.05) is 10.6 Å². The summed E-state index contributed by atoms with van der Waals surface area (Å²) in [4.78, 5) is 23.7. The summed E-state index contributed by atoms with van der Waals surface area (Å²) in [5.41, 5.74) is 1.20. The van der Waals surface area contributed by atoms with Gasteiger partial charge in [-0.25, -0.2) is 4.39 Å². The first-order valence-electron chi connectivity index (χ1n) is 7.00. The van der Waals surface area contributed by atoms with Crippen LogP contribution < -0.4 is 10.6 Å². The average Bonchev–Trinajstić information content (AvgIpc) is 2.85. The van der Waals surface area contributed by atoms with Gasteiger partial charge in [-0.3, -0.25) is 9.59 Å². The second-order valence-corrected chi connectivity index (χ2v) is 6.53. The zero-order valence-electron chi connectivity index (χ0n) is 12.5. The molecular formula is C17H12ClFN2O2S. The van der Waals surface area contributed by atoms with Gasteiger partial charge in [0.15, 0.2) is 0 Å². The number of rotatable bonds is 3. The Morgan fingerprint density at radius 1 is 1.04 bits per heavy atom. The van der Waals surface area contributed by atoms with E-state index in [0.29, 0.717) is 31.4 Å². The van der Waals surface area contributed by atoms with E-state index in [1.165, 1.54) is 19.1 Å². The van der Waals surface area contributed by atoms with Gasteiger partial charge in [-0.1, -0.05) is 11.6 Å². The maximum atomic E-state index is 13.3. The number of halogens is 2. The van der Waals surface area contributed by atoms with E-state index in [2.05, 4.69) is 10.6 Å². The van der Waals surface area contributed by atoms with Gasteiger partial charge in [0.2, 0.25) is 5.91 Å². The number of carbonyl (C=O) groups excluding carboxylic acids is 2. The first kappa shape index (κ1) is 16.4. The minimum Gasteiger partial charge on any atom is -0.326 e. The fourth-order valence-electron chi connectivity index (χ4n) is 2.21. The molecule has 7 heteroatoms. The summed E-state index contributed by atoms with van der Waals surface area (Å²) >= 11 is 7.37. The summed E-state index contributed by atoms with van der Waals surface area (Å²) in [5.74, 6) is -0.911. The lowest BCUT2D eigenvalue weighted by atomic mass is 10.2. The third-order valence-electron chi connectivity index (χ3n) is 3.26. The molecule has 3 rings (SSSR count). The summed E-state index contributed by atoms with van der Waals surface area (Å²) in [6.07, 6.45) is 0. The predicted octanol–water partition coefficient (Wildman–Crippen LogP) is 4.90. The van der Waals surface area contributed by atoms with Crippen LogP contribution in [-0.4, -0.2) is 11.8 Å². The summed E-state index contributed by atoms with van der Waals surface area (Å²) in [6.45, 7) is 1.42. The molecule has 24 heavy (non-hydrogen) atoms. The van der Waals surface area contributed by atoms with Crippen LogP contribution in [0.3, 0.4) is 0 Å². The van der Waals surface area contributed by atoms with Gasteiger partial charge < -0.3 is 10.6 Å². The molecule has 4 nitrogen and oxygen atoms in total. The summed E-state index contributed by atoms with van der Waals surface area (Å²) in [5, 5.41) is 6.33. The highest BCUT2D eigenvalue weighted by Gasteiger charge is 2.17. The molecule has 2 aromatic carbocycles. The summed E-state index contributed by atoms with van der Waals surface area (Å²) in [6, 6.07) is 10.9. The number of amides is 2. The first-order chi connectivity index (χ1) is 11.4. The van der Waals surface area contributed by atoms with Crippen LogP contribution in [-0.2, 0) is 4.79 Å². The Morgan fingerprint density at radius 3 is 2.29 bits per heavy atom. The number of hydrogen-bond donors (Lipinski definition) is 2. The zero-order valence-corrected chi connectivity index (χ0v) is 14.1. The SMILES string of the molecule is CC(=O)Nc1ccc(NC(=O)c2sc3cc(F)ccc3c2Cl)cc1. The lowest BCUT2D eigenvalue weighted by molar-refractivity contribution is -0.114. The molecule has 0 radical (unpaired) electrons. The van der Waals surface area contributed by atoms with Crippen molar-refractivity contribution < 1.29 is 14.0 Å². The van der Waals surface area contributed by atoms with Crippen molar-refractivity contribution in [3.8, 4) is 0 Å². The number of hydrogen-bond acceptors (Lipinski definition) is 3. The van der Waals surface area contributed by atoms with Crippen molar-refractivity contribution >= 4 is 56.2 Å². The number of benzene rings is 2. The van der Waals surface area contributed by atoms with E-state index in [9.17, 15) is 14.0 Å². The molecule has 0 aliphatic carbocycles. The molecule has 0 saturated carbocycles. The second-order valence-electron chi connectivity index (χ2n) is 5.10. The molecule has 0 atom stereocenters. The van der Waals surface area contributed by atoms with Crippen LogP contribution in [0.1, 0.15) is 16.6 Å². The van der Waals surface area contributed by atoms with Crippen LogP contribution in [0.2, 0.25) is 5.02 Å². The van der Waals surface area contributed by atoms with Crippen LogP contribution in [0.4, 0.5) is 15.8 Å². The van der Waals surface area contributed by atoms with Crippen molar-refractivity contribution in [1.82, 2.24) is 0 Å². The molecule has 0 aliphatic rings. The van der Waals surface area contributed by atoms with Gasteiger partial charge in [-0.15, -0.1) is 11.3 Å². The Hall–Kier alpha value is -2.44. The van der Waals surface area contributed by atoms with Crippen LogP contribution in [0.25, 0.3) is 10.1 Å². The quantitative estimate of drug-likeness (QED) is 0.695. The number of anilines is 2. The molecule has 0 unspecified atom stereocenters. The highest BCUT2D eigenvalue weighted by atomic mass is 35.5. The molecule has 0 aliphatic heterocycles. The van der Waals surface area contributed by atoms with Crippen molar-refractivity contribution in [2.24, 2.45) is 0 Å². The Morgan fingerprint density at radius 2 is 1.67 bits per heavy atom. The van der Waals surface area contributed by atoms with E-state index in [0.717, 1.165) is 11.3 Å². The summed E-state index contributed by atoms with van der Waals surface area (Å²) < 4.78 is 13.9. The summed E-state index contributed by atoms with van der Waals surface area (Å²) in [7, 11) is 0. The Kier molecular flexibility index (Phi) is 4.51. The number of thiophene rings is 1. The fraction of sp³-hybridized carbons (Fsp3) is 0.0588. The van der Waals surface area contributed by atoms with Gasteiger partial charge in [0.25, 0.3) is 5.91 Å². The zero-order chi connectivity index (χ0) is 17.3. The van der Waals surface area contributed by atoms with Crippen molar-refractivity contribution in [2.45, 2.75) is 6.92 Å². The average molecular weight is 363 g/mol. The molecule has 2 N–H and O–H groups in total. The number of carbonyl (C=O) groups is 2. The standard InChI is InChI=1S/C17H12ClFN2O2S/c1-9(22)20-11-3-5-12(6-4-11)21-17(23)16-15(18)13-7-2-10(19)8-14(13)24-16/h2-8H,1H3,(H,20,22)(H,21,23). The lowest BCUT2D eigenvalue weighted by Crippen LogP contribution is -2.11. The third-order valence-corrected chi connectivity index (χ3v) is 4.92. The van der Waals surface area contributed by atoms with Crippen molar-refractivity contribution in [1.29, 1.82) is 0 Å². The smallest absolute Gasteiger partial charge is 0.267 e. The minimum atomic E-state index is -0.374. The molecule has 122 valence electrons. The van der Waals surface area contributed by atoms with Gasteiger partial charge in [-0.05, 0) is 42.5 Å². The molecule has 0 bridgehead atoms.